The maximum atomic E-state index is 9.49. The molecule has 2 saturated carbocycles. The SMILES string of the molecule is N#CC1(c2ccc(-c3cnc4ncc(C5(c6cccc7cccnc67)CC5)n4c3)cc2)CC1. The Morgan fingerprint density at radius 3 is 2.36 bits per heavy atom. The zero-order valence-electron chi connectivity index (χ0n) is 18.1. The van der Waals surface area contributed by atoms with Crippen LogP contribution in [0.2, 0.25) is 0 Å². The second-order valence-corrected chi connectivity index (χ2v) is 9.39. The van der Waals surface area contributed by atoms with E-state index < -0.39 is 0 Å². The maximum Gasteiger partial charge on any atom is 0.233 e. The third-order valence-corrected chi connectivity index (χ3v) is 7.49. The summed E-state index contributed by atoms with van der Waals surface area (Å²) >= 11 is 0. The summed E-state index contributed by atoms with van der Waals surface area (Å²) in [6.45, 7) is 0. The molecule has 2 aliphatic rings. The summed E-state index contributed by atoms with van der Waals surface area (Å²) < 4.78 is 2.15. The molecule has 0 amide bonds. The number of nitriles is 1. The van der Waals surface area contributed by atoms with Crippen LogP contribution in [0.3, 0.4) is 0 Å². The Morgan fingerprint density at radius 2 is 1.61 bits per heavy atom. The fourth-order valence-corrected chi connectivity index (χ4v) is 5.23. The lowest BCUT2D eigenvalue weighted by molar-refractivity contribution is 0.791. The molecule has 0 spiro atoms. The molecule has 3 heterocycles. The molecule has 5 nitrogen and oxygen atoms in total. The zero-order valence-corrected chi connectivity index (χ0v) is 18.1. The average molecular weight is 428 g/mol. The summed E-state index contributed by atoms with van der Waals surface area (Å²) in [7, 11) is 0. The van der Waals surface area contributed by atoms with Crippen molar-refractivity contribution in [3.63, 3.8) is 0 Å². The van der Waals surface area contributed by atoms with Crippen LogP contribution in [0.15, 0.2) is 79.4 Å². The lowest BCUT2D eigenvalue weighted by Crippen LogP contribution is -2.13. The van der Waals surface area contributed by atoms with Gasteiger partial charge in [0.25, 0.3) is 0 Å². The van der Waals surface area contributed by atoms with Gasteiger partial charge in [-0.15, -0.1) is 0 Å². The van der Waals surface area contributed by atoms with Crippen LogP contribution in [0.25, 0.3) is 27.8 Å². The Bertz CT molecular complexity index is 1580. The number of hydrogen-bond acceptors (Lipinski definition) is 4. The molecular weight excluding hydrogens is 406 g/mol. The highest BCUT2D eigenvalue weighted by atomic mass is 15.1. The van der Waals surface area contributed by atoms with Crippen molar-refractivity contribution < 1.29 is 0 Å². The highest BCUT2D eigenvalue weighted by Gasteiger charge is 2.49. The number of aromatic nitrogens is 4. The minimum atomic E-state index is -0.261. The molecule has 0 unspecified atom stereocenters. The quantitative estimate of drug-likeness (QED) is 0.376. The zero-order chi connectivity index (χ0) is 22.0. The number of imidazole rings is 1. The standard InChI is InChI=1S/C28H21N5/c29-18-27(10-11-27)22-8-6-19(7-9-22)21-15-31-26-32-16-24(33(26)17-21)28(12-13-28)23-5-1-3-20-4-2-14-30-25(20)23/h1-9,14-17H,10-13H2. The molecule has 0 radical (unpaired) electrons. The molecule has 5 heteroatoms. The van der Waals surface area contributed by atoms with Gasteiger partial charge in [-0.2, -0.15) is 5.26 Å². The minimum Gasteiger partial charge on any atom is -0.287 e. The van der Waals surface area contributed by atoms with E-state index in [1.54, 1.807) is 0 Å². The van der Waals surface area contributed by atoms with Gasteiger partial charge in [0, 0.05) is 35.0 Å². The van der Waals surface area contributed by atoms with Gasteiger partial charge in [0.1, 0.15) is 0 Å². The fraction of sp³-hybridized carbons (Fsp3) is 0.214. The van der Waals surface area contributed by atoms with Gasteiger partial charge in [-0.3, -0.25) is 9.38 Å². The van der Waals surface area contributed by atoms with Gasteiger partial charge < -0.3 is 0 Å². The molecule has 2 fully saturated rings. The normalized spacial score (nSPS) is 17.7. The molecule has 33 heavy (non-hydrogen) atoms. The minimum absolute atomic E-state index is 0.0808. The molecule has 5 aromatic rings. The molecule has 0 aliphatic heterocycles. The number of nitrogens with zero attached hydrogens (tertiary/aromatic N) is 5. The first-order valence-corrected chi connectivity index (χ1v) is 11.4. The molecule has 0 atom stereocenters. The van der Waals surface area contributed by atoms with E-state index in [1.807, 2.05) is 24.7 Å². The van der Waals surface area contributed by atoms with Crippen LogP contribution in [0.5, 0.6) is 0 Å². The summed E-state index contributed by atoms with van der Waals surface area (Å²) in [5.74, 6) is 0.714. The molecular formula is C28H21N5. The maximum absolute atomic E-state index is 9.49. The van der Waals surface area contributed by atoms with E-state index in [0.717, 1.165) is 47.9 Å². The van der Waals surface area contributed by atoms with E-state index in [4.69, 9.17) is 4.98 Å². The lowest BCUT2D eigenvalue weighted by atomic mass is 9.90. The molecule has 0 saturated heterocycles. The van der Waals surface area contributed by atoms with Gasteiger partial charge in [-0.25, -0.2) is 9.97 Å². The second-order valence-electron chi connectivity index (χ2n) is 9.39. The number of fused-ring (bicyclic) bond motifs is 2. The van der Waals surface area contributed by atoms with Crippen molar-refractivity contribution in [1.82, 2.24) is 19.4 Å². The monoisotopic (exact) mass is 427 g/mol. The summed E-state index contributed by atoms with van der Waals surface area (Å²) in [5, 5.41) is 10.7. The van der Waals surface area contributed by atoms with Gasteiger partial charge in [-0.05, 0) is 48.4 Å². The Kier molecular flexibility index (Phi) is 3.64. The van der Waals surface area contributed by atoms with E-state index in [1.165, 1.54) is 16.6 Å². The van der Waals surface area contributed by atoms with Gasteiger partial charge in [-0.1, -0.05) is 48.5 Å². The Morgan fingerprint density at radius 1 is 0.818 bits per heavy atom. The molecule has 2 aliphatic carbocycles. The summed E-state index contributed by atoms with van der Waals surface area (Å²) in [6, 6.07) is 21.4. The number of hydrogen-bond donors (Lipinski definition) is 0. The van der Waals surface area contributed by atoms with E-state index in [-0.39, 0.29) is 10.8 Å². The highest BCUT2D eigenvalue weighted by molar-refractivity contribution is 5.84. The van der Waals surface area contributed by atoms with Crippen LogP contribution in [-0.2, 0) is 10.8 Å². The average Bonchev–Trinajstić information content (AvgIpc) is 3.81. The van der Waals surface area contributed by atoms with Gasteiger partial charge in [0.05, 0.1) is 28.9 Å². The van der Waals surface area contributed by atoms with Crippen molar-refractivity contribution in [2.75, 3.05) is 0 Å². The Labute approximate surface area is 191 Å². The third kappa shape index (κ3) is 2.67. The Hall–Kier alpha value is -4.04. The predicted octanol–water partition coefficient (Wildman–Crippen LogP) is 5.58. The summed E-state index contributed by atoms with van der Waals surface area (Å²) in [5.41, 5.74) is 6.42. The topological polar surface area (TPSA) is 66.9 Å². The number of rotatable bonds is 4. The number of pyridine rings is 1. The van der Waals surface area contributed by atoms with E-state index in [0.29, 0.717) is 5.78 Å². The van der Waals surface area contributed by atoms with E-state index in [2.05, 4.69) is 75.2 Å². The Balaban J connectivity index is 1.33. The van der Waals surface area contributed by atoms with Crippen LogP contribution in [0.4, 0.5) is 0 Å². The molecule has 0 N–H and O–H groups in total. The number of benzene rings is 2. The van der Waals surface area contributed by atoms with Crippen LogP contribution in [-0.4, -0.2) is 19.4 Å². The van der Waals surface area contributed by atoms with Gasteiger partial charge in [0.15, 0.2) is 0 Å². The predicted molar refractivity (Wildman–Crippen MR) is 127 cm³/mol. The van der Waals surface area contributed by atoms with Crippen molar-refractivity contribution in [3.8, 4) is 17.2 Å². The first-order valence-electron chi connectivity index (χ1n) is 11.4. The first-order chi connectivity index (χ1) is 16.2. The molecule has 0 bridgehead atoms. The van der Waals surface area contributed by atoms with Crippen LogP contribution in [0, 0.1) is 11.3 Å². The van der Waals surface area contributed by atoms with Crippen molar-refractivity contribution >= 4 is 16.7 Å². The first kappa shape index (κ1) is 18.5. The fourth-order valence-electron chi connectivity index (χ4n) is 5.23. The smallest absolute Gasteiger partial charge is 0.233 e. The summed E-state index contributed by atoms with van der Waals surface area (Å²) in [6.07, 6.45) is 12.0. The molecule has 2 aromatic carbocycles. The van der Waals surface area contributed by atoms with Crippen molar-refractivity contribution in [3.05, 3.63) is 96.2 Å². The van der Waals surface area contributed by atoms with Crippen molar-refractivity contribution in [2.45, 2.75) is 36.5 Å². The van der Waals surface area contributed by atoms with Crippen LogP contribution < -0.4 is 0 Å². The number of para-hydroxylation sites is 1. The molecule has 3 aromatic heterocycles. The largest absolute Gasteiger partial charge is 0.287 e. The van der Waals surface area contributed by atoms with Crippen LogP contribution in [0.1, 0.15) is 42.5 Å². The van der Waals surface area contributed by atoms with Crippen molar-refractivity contribution in [2.24, 2.45) is 0 Å². The van der Waals surface area contributed by atoms with Crippen LogP contribution >= 0.6 is 0 Å². The molecule has 7 rings (SSSR count). The van der Waals surface area contributed by atoms with Gasteiger partial charge >= 0.3 is 0 Å². The lowest BCUT2D eigenvalue weighted by Gasteiger charge is -2.17. The van der Waals surface area contributed by atoms with Crippen molar-refractivity contribution in [1.29, 1.82) is 5.26 Å². The highest BCUT2D eigenvalue weighted by Crippen LogP contribution is 2.55. The molecule has 158 valence electrons. The van der Waals surface area contributed by atoms with E-state index in [9.17, 15) is 5.26 Å². The second kappa shape index (κ2) is 6.49. The van der Waals surface area contributed by atoms with E-state index >= 15 is 0 Å². The third-order valence-electron chi connectivity index (χ3n) is 7.49. The van der Waals surface area contributed by atoms with Gasteiger partial charge in [0.2, 0.25) is 5.78 Å². The summed E-state index contributed by atoms with van der Waals surface area (Å²) in [4.78, 5) is 14.0.